The van der Waals surface area contributed by atoms with E-state index in [4.69, 9.17) is 25.8 Å². The summed E-state index contributed by atoms with van der Waals surface area (Å²) in [6.07, 6.45) is 3.21. The molecule has 0 saturated carbocycles. The fourth-order valence-electron chi connectivity index (χ4n) is 3.87. The third-order valence-electron chi connectivity index (χ3n) is 5.49. The molecule has 7 nitrogen and oxygen atoms in total. The van der Waals surface area contributed by atoms with Gasteiger partial charge in [0.05, 0.1) is 36.1 Å². The van der Waals surface area contributed by atoms with Crippen molar-refractivity contribution >= 4 is 35.0 Å². The van der Waals surface area contributed by atoms with Crippen LogP contribution in [0.15, 0.2) is 76.2 Å². The molecule has 1 aliphatic rings. The van der Waals surface area contributed by atoms with Gasteiger partial charge in [-0.1, -0.05) is 59.9 Å². The van der Waals surface area contributed by atoms with E-state index >= 15 is 0 Å². The number of thiazole rings is 1. The molecule has 1 aromatic heterocycles. The standard InChI is InChI=1S/C26H23ClN2O5S/c1-5-12-34-25(31)22-15(2)28-26-29(23(22)17-10-11-19(32-3)20(13-17)33-4)24(30)21(35-26)14-16-8-6-7-9-18(16)27/h5-11,13-14,23H,1,12H2,2-4H3. The molecule has 0 bridgehead atoms. The van der Waals surface area contributed by atoms with Gasteiger partial charge in [-0.2, -0.15) is 0 Å². The summed E-state index contributed by atoms with van der Waals surface area (Å²) in [5.41, 5.74) is 1.78. The van der Waals surface area contributed by atoms with Crippen molar-refractivity contribution in [2.45, 2.75) is 13.0 Å². The Morgan fingerprint density at radius 3 is 2.63 bits per heavy atom. The number of carbonyl (C=O) groups excluding carboxylic acids is 1. The Balaban J connectivity index is 1.97. The fourth-order valence-corrected chi connectivity index (χ4v) is 5.09. The number of carbonyl (C=O) groups is 1. The summed E-state index contributed by atoms with van der Waals surface area (Å²) >= 11 is 7.54. The van der Waals surface area contributed by atoms with Crippen molar-refractivity contribution in [3.63, 3.8) is 0 Å². The number of benzene rings is 2. The van der Waals surface area contributed by atoms with Crippen molar-refractivity contribution in [1.82, 2.24) is 4.57 Å². The number of esters is 1. The summed E-state index contributed by atoms with van der Waals surface area (Å²) in [6, 6.07) is 11.7. The minimum atomic E-state index is -0.781. The van der Waals surface area contributed by atoms with Gasteiger partial charge in [0.25, 0.3) is 5.56 Å². The van der Waals surface area contributed by atoms with Crippen molar-refractivity contribution < 1.29 is 19.0 Å². The maximum Gasteiger partial charge on any atom is 0.338 e. The minimum Gasteiger partial charge on any atom is -0.493 e. The highest BCUT2D eigenvalue weighted by atomic mass is 35.5. The highest BCUT2D eigenvalue weighted by Gasteiger charge is 2.34. The lowest BCUT2D eigenvalue weighted by atomic mass is 9.95. The molecule has 4 rings (SSSR count). The van der Waals surface area contributed by atoms with Gasteiger partial charge in [0.2, 0.25) is 0 Å². The number of halogens is 1. The molecule has 35 heavy (non-hydrogen) atoms. The van der Waals surface area contributed by atoms with Crippen LogP contribution in [-0.4, -0.2) is 31.4 Å². The average molecular weight is 511 g/mol. The summed E-state index contributed by atoms with van der Waals surface area (Å²) in [4.78, 5) is 31.8. The maximum atomic E-state index is 13.7. The predicted molar refractivity (Wildman–Crippen MR) is 136 cm³/mol. The highest BCUT2D eigenvalue weighted by molar-refractivity contribution is 7.07. The van der Waals surface area contributed by atoms with Gasteiger partial charge in [0.1, 0.15) is 6.61 Å². The molecule has 0 radical (unpaired) electrons. The number of nitrogens with zero attached hydrogens (tertiary/aromatic N) is 2. The number of ether oxygens (including phenoxy) is 3. The third-order valence-corrected chi connectivity index (χ3v) is 6.82. The fraction of sp³-hybridized carbons (Fsp3) is 0.192. The minimum absolute atomic E-state index is 0.0329. The van der Waals surface area contributed by atoms with E-state index in [1.165, 1.54) is 36.2 Å². The molecule has 0 N–H and O–H groups in total. The van der Waals surface area contributed by atoms with Crippen LogP contribution in [0.25, 0.3) is 6.08 Å². The monoisotopic (exact) mass is 510 g/mol. The van der Waals surface area contributed by atoms with Gasteiger partial charge in [-0.25, -0.2) is 9.79 Å². The third kappa shape index (κ3) is 4.67. The molecule has 0 amide bonds. The second kappa shape index (κ2) is 10.3. The van der Waals surface area contributed by atoms with E-state index < -0.39 is 12.0 Å². The van der Waals surface area contributed by atoms with Crippen LogP contribution < -0.4 is 24.4 Å². The molecule has 0 saturated heterocycles. The zero-order chi connectivity index (χ0) is 25.1. The number of fused-ring (bicyclic) bond motifs is 1. The van der Waals surface area contributed by atoms with E-state index in [9.17, 15) is 9.59 Å². The first-order valence-electron chi connectivity index (χ1n) is 10.7. The zero-order valence-corrected chi connectivity index (χ0v) is 21.0. The molecular weight excluding hydrogens is 488 g/mol. The van der Waals surface area contributed by atoms with Gasteiger partial charge in [0.15, 0.2) is 16.3 Å². The van der Waals surface area contributed by atoms with Crippen LogP contribution in [-0.2, 0) is 9.53 Å². The van der Waals surface area contributed by atoms with Crippen LogP contribution in [0.4, 0.5) is 0 Å². The summed E-state index contributed by atoms with van der Waals surface area (Å²) < 4.78 is 18.1. The molecule has 180 valence electrons. The number of aromatic nitrogens is 1. The number of hydrogen-bond acceptors (Lipinski definition) is 7. The van der Waals surface area contributed by atoms with Gasteiger partial charge >= 0.3 is 5.97 Å². The molecule has 1 unspecified atom stereocenters. The Morgan fingerprint density at radius 1 is 1.20 bits per heavy atom. The lowest BCUT2D eigenvalue weighted by molar-refractivity contribution is -0.138. The quantitative estimate of drug-likeness (QED) is 0.358. The Labute approximate surface area is 210 Å². The molecule has 1 aliphatic heterocycles. The second-order valence-electron chi connectivity index (χ2n) is 7.60. The molecule has 1 atom stereocenters. The maximum absolute atomic E-state index is 13.7. The molecule has 2 heterocycles. The zero-order valence-electron chi connectivity index (χ0n) is 19.4. The van der Waals surface area contributed by atoms with Crippen molar-refractivity contribution in [2.75, 3.05) is 20.8 Å². The van der Waals surface area contributed by atoms with E-state index in [1.54, 1.807) is 37.3 Å². The number of rotatable bonds is 7. The van der Waals surface area contributed by atoms with Crippen LogP contribution >= 0.6 is 22.9 Å². The second-order valence-corrected chi connectivity index (χ2v) is 9.02. The van der Waals surface area contributed by atoms with E-state index in [0.29, 0.717) is 42.7 Å². The molecule has 2 aromatic carbocycles. The number of hydrogen-bond donors (Lipinski definition) is 0. The summed E-state index contributed by atoms with van der Waals surface area (Å²) in [6.45, 7) is 5.36. The van der Waals surface area contributed by atoms with Crippen LogP contribution in [0, 0.1) is 0 Å². The average Bonchev–Trinajstić information content (AvgIpc) is 3.16. The summed E-state index contributed by atoms with van der Waals surface area (Å²) in [7, 11) is 3.06. The normalized spacial score (nSPS) is 15.3. The van der Waals surface area contributed by atoms with Gasteiger partial charge < -0.3 is 14.2 Å². The summed E-state index contributed by atoms with van der Waals surface area (Å²) in [5, 5.41) is 0.527. The topological polar surface area (TPSA) is 79.1 Å². The molecular formula is C26H23ClN2O5S. The Hall–Kier alpha value is -3.62. The van der Waals surface area contributed by atoms with Gasteiger partial charge in [-0.3, -0.25) is 9.36 Å². The first-order valence-corrected chi connectivity index (χ1v) is 11.9. The van der Waals surface area contributed by atoms with E-state index in [1.807, 2.05) is 18.2 Å². The van der Waals surface area contributed by atoms with Gasteiger partial charge in [-0.05, 0) is 42.3 Å². The van der Waals surface area contributed by atoms with Crippen molar-refractivity contribution in [3.05, 3.63) is 102 Å². The Kier molecular flexibility index (Phi) is 7.23. The van der Waals surface area contributed by atoms with Crippen molar-refractivity contribution in [3.8, 4) is 11.5 Å². The van der Waals surface area contributed by atoms with Crippen LogP contribution in [0.2, 0.25) is 5.02 Å². The van der Waals surface area contributed by atoms with Crippen LogP contribution in [0.3, 0.4) is 0 Å². The largest absolute Gasteiger partial charge is 0.493 e. The number of methoxy groups -OCH3 is 2. The first-order chi connectivity index (χ1) is 16.9. The smallest absolute Gasteiger partial charge is 0.338 e. The molecule has 0 spiro atoms. The van der Waals surface area contributed by atoms with Gasteiger partial charge in [-0.15, -0.1) is 0 Å². The Bertz CT molecular complexity index is 1520. The van der Waals surface area contributed by atoms with Crippen LogP contribution in [0.5, 0.6) is 11.5 Å². The first kappa shape index (κ1) is 24.5. The van der Waals surface area contributed by atoms with Gasteiger partial charge in [0, 0.05) is 5.02 Å². The molecule has 0 aliphatic carbocycles. The van der Waals surface area contributed by atoms with E-state index in [-0.39, 0.29) is 17.7 Å². The highest BCUT2D eigenvalue weighted by Crippen LogP contribution is 2.36. The van der Waals surface area contributed by atoms with Crippen molar-refractivity contribution in [1.29, 1.82) is 0 Å². The van der Waals surface area contributed by atoms with E-state index in [0.717, 1.165) is 0 Å². The predicted octanol–water partition coefficient (Wildman–Crippen LogP) is 3.64. The SMILES string of the molecule is C=CCOC(=O)C1=C(C)N=c2sc(=Cc3ccccc3Cl)c(=O)n2C1c1ccc(OC)c(OC)c1. The lowest BCUT2D eigenvalue weighted by Crippen LogP contribution is -2.40. The number of allylic oxidation sites excluding steroid dienone is 1. The molecule has 9 heteroatoms. The van der Waals surface area contributed by atoms with Crippen molar-refractivity contribution in [2.24, 2.45) is 4.99 Å². The lowest BCUT2D eigenvalue weighted by Gasteiger charge is -2.25. The van der Waals surface area contributed by atoms with Crippen LogP contribution in [0.1, 0.15) is 24.1 Å². The molecule has 0 fully saturated rings. The molecule has 3 aromatic rings. The Morgan fingerprint density at radius 2 is 1.94 bits per heavy atom. The summed E-state index contributed by atoms with van der Waals surface area (Å²) in [5.74, 6) is 0.418. The van der Waals surface area contributed by atoms with E-state index in [2.05, 4.69) is 11.6 Å².